The molecule has 1 heterocycles. The molecule has 0 amide bonds. The van der Waals surface area contributed by atoms with Crippen molar-refractivity contribution in [2.45, 2.75) is 103 Å². The van der Waals surface area contributed by atoms with E-state index in [-0.39, 0.29) is 55.8 Å². The van der Waals surface area contributed by atoms with Gasteiger partial charge < -0.3 is 28.8 Å². The predicted molar refractivity (Wildman–Crippen MR) is 110 cm³/mol. The van der Waals surface area contributed by atoms with Gasteiger partial charge in [0.25, 0.3) is 0 Å². The van der Waals surface area contributed by atoms with Crippen molar-refractivity contribution in [2.75, 3.05) is 13.2 Å². The minimum atomic E-state index is -1.91. The van der Waals surface area contributed by atoms with Crippen LogP contribution < -0.4 is 0 Å². The van der Waals surface area contributed by atoms with Crippen molar-refractivity contribution >= 4 is 20.3 Å². The van der Waals surface area contributed by atoms with E-state index in [0.717, 1.165) is 0 Å². The van der Waals surface area contributed by atoms with Gasteiger partial charge in [-0.25, -0.2) is 0 Å². The van der Waals surface area contributed by atoms with Crippen LogP contribution in [0.3, 0.4) is 0 Å². The lowest BCUT2D eigenvalue weighted by molar-refractivity contribution is -0.163. The van der Waals surface area contributed by atoms with E-state index in [2.05, 4.69) is 19.6 Å². The van der Waals surface area contributed by atoms with E-state index < -0.39 is 14.4 Å². The molecule has 0 aromatic carbocycles. The summed E-state index contributed by atoms with van der Waals surface area (Å²) in [6.07, 6.45) is 0.356. The predicted octanol–water partition coefficient (Wildman–Crippen LogP) is 2.16. The van der Waals surface area contributed by atoms with E-state index in [0.29, 0.717) is 32.3 Å². The molecule has 1 saturated heterocycles. The van der Waals surface area contributed by atoms with Crippen LogP contribution in [0.5, 0.6) is 0 Å². The van der Waals surface area contributed by atoms with E-state index in [1.54, 1.807) is 6.92 Å². The van der Waals surface area contributed by atoms with Crippen LogP contribution in [0.25, 0.3) is 0 Å². The Bertz CT molecular complexity index is 507. The lowest BCUT2D eigenvalue weighted by Gasteiger charge is -2.38. The molecule has 1 aliphatic heterocycles. The monoisotopic (exact) mass is 434 g/mol. The van der Waals surface area contributed by atoms with E-state index in [1.807, 2.05) is 0 Å². The fourth-order valence-electron chi connectivity index (χ4n) is 3.64. The number of esters is 2. The zero-order chi connectivity index (χ0) is 22.0. The molecule has 0 radical (unpaired) electrons. The highest BCUT2D eigenvalue weighted by Gasteiger charge is 2.35. The van der Waals surface area contributed by atoms with Crippen LogP contribution in [0.4, 0.5) is 0 Å². The lowest BCUT2D eigenvalue weighted by atomic mass is 9.93. The highest BCUT2D eigenvalue weighted by atomic mass is 28.4. The van der Waals surface area contributed by atoms with Crippen LogP contribution in [-0.2, 0) is 28.2 Å². The zero-order valence-corrected chi connectivity index (χ0v) is 19.4. The van der Waals surface area contributed by atoms with Crippen LogP contribution in [-0.4, -0.2) is 74.2 Å². The number of aliphatic hydroxyl groups is 2. The Kier molecular flexibility index (Phi) is 11.3. The average Bonchev–Trinajstić information content (AvgIpc) is 2.52. The molecule has 0 bridgehead atoms. The van der Waals surface area contributed by atoms with Gasteiger partial charge in [-0.15, -0.1) is 0 Å². The maximum atomic E-state index is 12.0. The van der Waals surface area contributed by atoms with Gasteiger partial charge in [-0.3, -0.25) is 9.59 Å². The maximum Gasteiger partial charge on any atom is 0.308 e. The van der Waals surface area contributed by atoms with Crippen molar-refractivity contribution in [1.29, 1.82) is 0 Å². The van der Waals surface area contributed by atoms with Gasteiger partial charge in [0.1, 0.15) is 6.10 Å². The first kappa shape index (κ1) is 26.0. The fraction of sp³-hybridized carbons (Fsp3) is 0.900. The Hall–Kier alpha value is -1.00. The number of hydrogen-bond acceptors (Lipinski definition) is 8. The number of carbonyl (C=O) groups excluding carboxylic acids is 2. The Morgan fingerprint density at radius 3 is 2.31 bits per heavy atom. The smallest absolute Gasteiger partial charge is 0.308 e. The molecule has 0 aromatic rings. The topological polar surface area (TPSA) is 112 Å². The van der Waals surface area contributed by atoms with Gasteiger partial charge in [0, 0.05) is 26.4 Å². The summed E-state index contributed by atoms with van der Waals surface area (Å²) < 4.78 is 22.9. The first-order chi connectivity index (χ1) is 13.5. The van der Waals surface area contributed by atoms with Gasteiger partial charge in [0.15, 0.2) is 8.32 Å². The summed E-state index contributed by atoms with van der Waals surface area (Å²) in [5.41, 5.74) is 0. The van der Waals surface area contributed by atoms with Crippen LogP contribution in [0, 0.1) is 0 Å². The van der Waals surface area contributed by atoms with Crippen LogP contribution in [0.1, 0.15) is 52.4 Å². The minimum Gasteiger partial charge on any atom is -0.466 e. The lowest BCUT2D eigenvalue weighted by Crippen LogP contribution is -2.43. The highest BCUT2D eigenvalue weighted by molar-refractivity contribution is 6.69. The third-order valence-electron chi connectivity index (χ3n) is 4.51. The Morgan fingerprint density at radius 2 is 1.79 bits per heavy atom. The second-order valence-electron chi connectivity index (χ2n) is 8.58. The van der Waals surface area contributed by atoms with Gasteiger partial charge in [-0.2, -0.15) is 0 Å². The van der Waals surface area contributed by atoms with Gasteiger partial charge in [0.2, 0.25) is 0 Å². The molecule has 0 spiro atoms. The Balaban J connectivity index is 2.83. The number of aliphatic hydroxyl groups excluding tert-OH is 2. The third-order valence-corrected chi connectivity index (χ3v) is 5.55. The largest absolute Gasteiger partial charge is 0.466 e. The van der Waals surface area contributed by atoms with E-state index in [1.165, 1.54) is 6.92 Å². The third kappa shape index (κ3) is 11.7. The maximum absolute atomic E-state index is 12.0. The second-order valence-corrected chi connectivity index (χ2v) is 13.0. The number of carbonyl (C=O) groups is 2. The summed E-state index contributed by atoms with van der Waals surface area (Å²) in [7, 11) is -1.91. The SMILES string of the molecule is CCOC(=O)C[C@@H](C[C@H]1C[C@@H](OC(C)=O)C[C@@H](C[C@@H](O)CCO)O1)O[Si](C)(C)C. The Labute approximate surface area is 175 Å². The van der Waals surface area contributed by atoms with Crippen LogP contribution >= 0.6 is 0 Å². The minimum absolute atomic E-state index is 0.101. The van der Waals surface area contributed by atoms with E-state index >= 15 is 0 Å². The first-order valence-corrected chi connectivity index (χ1v) is 13.9. The summed E-state index contributed by atoms with van der Waals surface area (Å²) in [6, 6.07) is 0. The zero-order valence-electron chi connectivity index (χ0n) is 18.4. The molecule has 0 aromatic heterocycles. The van der Waals surface area contributed by atoms with E-state index in [9.17, 15) is 14.7 Å². The summed E-state index contributed by atoms with van der Waals surface area (Å²) in [4.78, 5) is 23.5. The quantitative estimate of drug-likeness (QED) is 0.355. The molecule has 0 saturated carbocycles. The van der Waals surface area contributed by atoms with Crippen LogP contribution in [0.15, 0.2) is 0 Å². The molecule has 0 aliphatic carbocycles. The molecular weight excluding hydrogens is 396 g/mol. The molecule has 1 aliphatic rings. The van der Waals surface area contributed by atoms with Crippen molar-refractivity contribution in [3.63, 3.8) is 0 Å². The van der Waals surface area contributed by atoms with Gasteiger partial charge >= 0.3 is 11.9 Å². The van der Waals surface area contributed by atoms with Crippen molar-refractivity contribution in [3.05, 3.63) is 0 Å². The van der Waals surface area contributed by atoms with Gasteiger partial charge in [-0.05, 0) is 45.8 Å². The summed E-state index contributed by atoms with van der Waals surface area (Å²) in [6.45, 7) is 9.53. The standard InChI is InChI=1S/C20H38O8Si/c1-6-25-20(24)13-19(28-29(3,4)5)12-18-11-17(26-14(2)22)10-16(27-18)9-15(23)7-8-21/h15-19,21,23H,6-13H2,1-5H3/t15-,16+,17-,18+,19+/m0/s1. The molecule has 9 heteroatoms. The molecule has 29 heavy (non-hydrogen) atoms. The summed E-state index contributed by atoms with van der Waals surface area (Å²) >= 11 is 0. The van der Waals surface area contributed by atoms with Crippen molar-refractivity contribution in [2.24, 2.45) is 0 Å². The second kappa shape index (κ2) is 12.6. The average molecular weight is 435 g/mol. The van der Waals surface area contributed by atoms with Crippen molar-refractivity contribution in [3.8, 4) is 0 Å². The number of ether oxygens (including phenoxy) is 3. The molecule has 2 N–H and O–H groups in total. The molecule has 8 nitrogen and oxygen atoms in total. The van der Waals surface area contributed by atoms with Crippen LogP contribution in [0.2, 0.25) is 19.6 Å². The molecule has 0 unspecified atom stereocenters. The summed E-state index contributed by atoms with van der Waals surface area (Å²) in [5, 5.41) is 19.1. The molecule has 1 rings (SSSR count). The molecular formula is C20H38O8Si. The number of rotatable bonds is 12. The molecule has 170 valence electrons. The number of hydrogen-bond donors (Lipinski definition) is 2. The molecule has 1 fully saturated rings. The van der Waals surface area contributed by atoms with E-state index in [4.69, 9.17) is 23.7 Å². The molecule has 5 atom stereocenters. The van der Waals surface area contributed by atoms with Crippen molar-refractivity contribution in [1.82, 2.24) is 0 Å². The Morgan fingerprint density at radius 1 is 1.17 bits per heavy atom. The normalized spacial score (nSPS) is 24.6. The van der Waals surface area contributed by atoms with Gasteiger partial charge in [0.05, 0.1) is 37.4 Å². The summed E-state index contributed by atoms with van der Waals surface area (Å²) in [5.74, 6) is -0.662. The van der Waals surface area contributed by atoms with Crippen molar-refractivity contribution < 1.29 is 38.4 Å². The highest BCUT2D eigenvalue weighted by Crippen LogP contribution is 2.30. The first-order valence-electron chi connectivity index (χ1n) is 10.5. The van der Waals surface area contributed by atoms with Gasteiger partial charge in [-0.1, -0.05) is 0 Å². The fourth-order valence-corrected chi connectivity index (χ4v) is 4.82.